The Labute approximate surface area is 175 Å². The van der Waals surface area contributed by atoms with Crippen LogP contribution < -0.4 is 5.73 Å². The zero-order chi connectivity index (χ0) is 21.8. The molecule has 9 heteroatoms. The van der Waals surface area contributed by atoms with E-state index in [9.17, 15) is 9.18 Å². The molecule has 2 aromatic heterocycles. The summed E-state index contributed by atoms with van der Waals surface area (Å²) in [6.07, 6.45) is 12.1. The first kappa shape index (κ1) is 22.8. The molecule has 0 spiro atoms. The molecule has 30 heavy (non-hydrogen) atoms. The van der Waals surface area contributed by atoms with Crippen molar-refractivity contribution >= 4 is 12.3 Å². The zero-order valence-corrected chi connectivity index (χ0v) is 17.2. The molecule has 0 radical (unpaired) electrons. The second-order valence-corrected chi connectivity index (χ2v) is 6.41. The van der Waals surface area contributed by atoms with E-state index in [1.54, 1.807) is 44.1 Å². The monoisotopic (exact) mass is 414 g/mol. The SMILES string of the molecule is CCCC1=C(Cn2ccnc2)N=CN(/C=C(\N)C(=O)OCC)C1.Fc1ccccn1. The lowest BCUT2D eigenvalue weighted by molar-refractivity contribution is -0.138. The van der Waals surface area contributed by atoms with Gasteiger partial charge in [-0.2, -0.15) is 4.39 Å². The van der Waals surface area contributed by atoms with Crippen LogP contribution >= 0.6 is 0 Å². The Hall–Kier alpha value is -3.49. The molecular weight excluding hydrogens is 387 g/mol. The number of hydrogen-bond donors (Lipinski definition) is 1. The number of imidazole rings is 1. The van der Waals surface area contributed by atoms with Crippen molar-refractivity contribution in [3.05, 3.63) is 72.2 Å². The van der Waals surface area contributed by atoms with Gasteiger partial charge in [-0.1, -0.05) is 19.4 Å². The van der Waals surface area contributed by atoms with Gasteiger partial charge in [0.05, 0.1) is 31.5 Å². The topological polar surface area (TPSA) is 98.6 Å². The number of nitrogens with zero attached hydrogens (tertiary/aromatic N) is 5. The number of rotatable bonds is 7. The number of aromatic nitrogens is 3. The largest absolute Gasteiger partial charge is 0.461 e. The Morgan fingerprint density at radius 1 is 1.33 bits per heavy atom. The summed E-state index contributed by atoms with van der Waals surface area (Å²) in [4.78, 5) is 25.3. The summed E-state index contributed by atoms with van der Waals surface area (Å²) in [7, 11) is 0. The number of ether oxygens (including phenoxy) is 1. The number of carbonyl (C=O) groups excluding carboxylic acids is 1. The first-order valence-electron chi connectivity index (χ1n) is 9.71. The fourth-order valence-corrected chi connectivity index (χ4v) is 2.69. The highest BCUT2D eigenvalue weighted by molar-refractivity contribution is 5.87. The number of esters is 1. The summed E-state index contributed by atoms with van der Waals surface area (Å²) in [6.45, 7) is 5.54. The number of carbonyl (C=O) groups is 1. The van der Waals surface area contributed by atoms with Gasteiger partial charge in [0.15, 0.2) is 0 Å². The number of allylic oxidation sites excluding steroid dienone is 1. The van der Waals surface area contributed by atoms with Crippen LogP contribution in [-0.2, 0) is 16.1 Å². The van der Waals surface area contributed by atoms with Gasteiger partial charge in [0.2, 0.25) is 5.95 Å². The molecular formula is C21H27FN6O2. The van der Waals surface area contributed by atoms with Crippen molar-refractivity contribution in [2.75, 3.05) is 13.2 Å². The van der Waals surface area contributed by atoms with Gasteiger partial charge in [0.1, 0.15) is 5.70 Å². The van der Waals surface area contributed by atoms with Crippen molar-refractivity contribution in [3.8, 4) is 0 Å². The molecule has 3 heterocycles. The highest BCUT2D eigenvalue weighted by atomic mass is 19.1. The molecule has 2 aromatic rings. The van der Waals surface area contributed by atoms with Gasteiger partial charge >= 0.3 is 5.97 Å². The number of hydrogen-bond acceptors (Lipinski definition) is 7. The molecule has 0 saturated heterocycles. The Bertz CT molecular complexity index is 878. The van der Waals surface area contributed by atoms with Crippen molar-refractivity contribution in [2.45, 2.75) is 33.2 Å². The first-order valence-corrected chi connectivity index (χ1v) is 9.71. The van der Waals surface area contributed by atoms with E-state index in [1.165, 1.54) is 17.8 Å². The third kappa shape index (κ3) is 7.50. The van der Waals surface area contributed by atoms with Gasteiger partial charge in [-0.25, -0.2) is 19.8 Å². The van der Waals surface area contributed by atoms with Gasteiger partial charge in [-0.05, 0) is 31.1 Å². The summed E-state index contributed by atoms with van der Waals surface area (Å²) >= 11 is 0. The van der Waals surface area contributed by atoms with Crippen molar-refractivity contribution in [3.63, 3.8) is 0 Å². The van der Waals surface area contributed by atoms with E-state index in [0.29, 0.717) is 19.7 Å². The number of aliphatic imine (C=N–C) groups is 1. The van der Waals surface area contributed by atoms with Gasteiger partial charge < -0.3 is 19.9 Å². The maximum absolute atomic E-state index is 11.8. The van der Waals surface area contributed by atoms with Gasteiger partial charge in [0.25, 0.3) is 0 Å². The van der Waals surface area contributed by atoms with Crippen LogP contribution in [0.3, 0.4) is 0 Å². The number of halogens is 1. The fraction of sp³-hybridized carbons (Fsp3) is 0.333. The minimum atomic E-state index is -0.508. The lowest BCUT2D eigenvalue weighted by atomic mass is 10.1. The van der Waals surface area contributed by atoms with E-state index < -0.39 is 11.9 Å². The predicted molar refractivity (Wildman–Crippen MR) is 112 cm³/mol. The standard InChI is InChI=1S/C16H23N5O2.C5H4FN/c1-3-5-13-8-21(9-14(17)16(22)23-4-2)12-19-15(13)10-20-7-6-18-11-20;6-5-3-1-2-4-7-5/h6-7,9,11-12H,3-5,8,10,17H2,1-2H3;1-4H/b14-9-;. The van der Waals surface area contributed by atoms with Crippen LogP contribution in [-0.4, -0.2) is 44.9 Å². The van der Waals surface area contributed by atoms with Crippen molar-refractivity contribution in [1.82, 2.24) is 19.4 Å². The molecule has 0 aliphatic carbocycles. The quantitative estimate of drug-likeness (QED) is 0.425. The second-order valence-electron chi connectivity index (χ2n) is 6.41. The first-order chi connectivity index (χ1) is 14.5. The molecule has 0 atom stereocenters. The predicted octanol–water partition coefficient (Wildman–Crippen LogP) is 2.87. The Balaban J connectivity index is 0.000000386. The summed E-state index contributed by atoms with van der Waals surface area (Å²) in [5.74, 6) is -0.936. The molecule has 2 N–H and O–H groups in total. The van der Waals surface area contributed by atoms with Crippen LogP contribution in [0.1, 0.15) is 26.7 Å². The van der Waals surface area contributed by atoms with E-state index in [-0.39, 0.29) is 5.70 Å². The molecule has 8 nitrogen and oxygen atoms in total. The Kier molecular flexibility index (Phi) is 9.23. The lowest BCUT2D eigenvalue weighted by Crippen LogP contribution is -2.27. The molecule has 0 saturated carbocycles. The molecule has 0 bridgehead atoms. The van der Waals surface area contributed by atoms with Gasteiger partial charge in [-0.15, -0.1) is 0 Å². The Morgan fingerprint density at radius 2 is 2.17 bits per heavy atom. The van der Waals surface area contributed by atoms with Crippen molar-refractivity contribution in [2.24, 2.45) is 10.7 Å². The highest BCUT2D eigenvalue weighted by Gasteiger charge is 2.15. The third-order valence-corrected chi connectivity index (χ3v) is 4.03. The van der Waals surface area contributed by atoms with Crippen LogP contribution in [0.5, 0.6) is 0 Å². The molecule has 1 aliphatic heterocycles. The molecule has 0 aromatic carbocycles. The number of pyridine rings is 1. The number of nitrogens with two attached hydrogens (primary N) is 1. The normalized spacial score (nSPS) is 13.7. The van der Waals surface area contributed by atoms with E-state index >= 15 is 0 Å². The van der Waals surface area contributed by atoms with E-state index in [4.69, 9.17) is 10.5 Å². The van der Waals surface area contributed by atoms with Crippen molar-refractivity contribution < 1.29 is 13.9 Å². The highest BCUT2D eigenvalue weighted by Crippen LogP contribution is 2.20. The summed E-state index contributed by atoms with van der Waals surface area (Å²) < 4.78 is 18.7. The average Bonchev–Trinajstić information content (AvgIpc) is 3.24. The van der Waals surface area contributed by atoms with Crippen molar-refractivity contribution in [1.29, 1.82) is 0 Å². The lowest BCUT2D eigenvalue weighted by Gasteiger charge is -2.24. The van der Waals surface area contributed by atoms with Crippen LogP contribution in [0.15, 0.2) is 71.3 Å². The molecule has 0 amide bonds. The summed E-state index contributed by atoms with van der Waals surface area (Å²) in [5, 5.41) is 0. The fourth-order valence-electron chi connectivity index (χ4n) is 2.69. The van der Waals surface area contributed by atoms with Crippen LogP contribution in [0, 0.1) is 5.95 Å². The second kappa shape index (κ2) is 12.2. The maximum Gasteiger partial charge on any atom is 0.355 e. The molecule has 160 valence electrons. The third-order valence-electron chi connectivity index (χ3n) is 4.03. The average molecular weight is 414 g/mol. The molecule has 0 unspecified atom stereocenters. The smallest absolute Gasteiger partial charge is 0.355 e. The van der Waals surface area contributed by atoms with E-state index in [0.717, 1.165) is 18.5 Å². The van der Waals surface area contributed by atoms with E-state index in [1.807, 2.05) is 15.7 Å². The Morgan fingerprint density at radius 3 is 2.73 bits per heavy atom. The summed E-state index contributed by atoms with van der Waals surface area (Å²) in [6, 6.07) is 4.57. The maximum atomic E-state index is 11.8. The minimum Gasteiger partial charge on any atom is -0.461 e. The van der Waals surface area contributed by atoms with Crippen LogP contribution in [0.4, 0.5) is 4.39 Å². The van der Waals surface area contributed by atoms with Crippen LogP contribution in [0.2, 0.25) is 0 Å². The van der Waals surface area contributed by atoms with Gasteiger partial charge in [-0.3, -0.25) is 0 Å². The molecule has 3 rings (SSSR count). The molecule has 1 aliphatic rings. The minimum absolute atomic E-state index is 0.0761. The van der Waals surface area contributed by atoms with E-state index in [2.05, 4.69) is 21.9 Å². The summed E-state index contributed by atoms with van der Waals surface area (Å²) in [5.41, 5.74) is 8.09. The van der Waals surface area contributed by atoms with Gasteiger partial charge in [0, 0.05) is 31.3 Å². The zero-order valence-electron chi connectivity index (χ0n) is 17.2. The molecule has 0 fully saturated rings. The van der Waals surface area contributed by atoms with Crippen LogP contribution in [0.25, 0.3) is 0 Å².